The van der Waals surface area contributed by atoms with E-state index in [1.165, 1.54) is 385 Å². The van der Waals surface area contributed by atoms with Crippen molar-refractivity contribution in [3.63, 3.8) is 0 Å². The van der Waals surface area contributed by atoms with Crippen LogP contribution in [-0.2, 0) is 4.79 Å². The average Bonchev–Trinajstić information content (AvgIpc) is 3.43. The van der Waals surface area contributed by atoms with Crippen LogP contribution in [0.3, 0.4) is 0 Å². The molecule has 0 aromatic rings. The number of nitrogens with one attached hydrogen (secondary N) is 1. The quantitative estimate of drug-likeness (QED) is 0.0420. The number of aliphatic hydroxyl groups is 2. The van der Waals surface area contributed by atoms with Gasteiger partial charge >= 0.3 is 0 Å². The van der Waals surface area contributed by atoms with Crippen LogP contribution < -0.4 is 5.32 Å². The highest BCUT2D eigenvalue weighted by atomic mass is 16.3. The zero-order chi connectivity index (χ0) is 55.5. The number of carbonyl (C=O) groups is 1. The molecule has 460 valence electrons. The third-order valence-corrected chi connectivity index (χ3v) is 17.5. The Bertz CT molecular complexity index is 1090. The summed E-state index contributed by atoms with van der Waals surface area (Å²) in [4.78, 5) is 12.5. The molecule has 0 saturated heterocycles. The van der Waals surface area contributed by atoms with Crippen LogP contribution >= 0.6 is 0 Å². The molecule has 0 spiro atoms. The number of rotatable bonds is 69. The predicted octanol–water partition coefficient (Wildman–Crippen LogP) is 24.8. The minimum atomic E-state index is -0.837. The van der Waals surface area contributed by atoms with Gasteiger partial charge in [0.1, 0.15) is 0 Å². The van der Waals surface area contributed by atoms with Crippen LogP contribution in [0.4, 0.5) is 0 Å². The Hall–Kier alpha value is -0.870. The summed E-state index contributed by atoms with van der Waals surface area (Å²) >= 11 is 0. The molecular weight excluding hydrogens is 939 g/mol. The molecule has 77 heavy (non-hydrogen) atoms. The van der Waals surface area contributed by atoms with Crippen molar-refractivity contribution in [1.29, 1.82) is 0 Å². The zero-order valence-electron chi connectivity index (χ0n) is 53.3. The highest BCUT2D eigenvalue weighted by molar-refractivity contribution is 5.76. The van der Waals surface area contributed by atoms with E-state index in [1.807, 2.05) is 6.08 Å². The van der Waals surface area contributed by atoms with Crippen molar-refractivity contribution in [3.8, 4) is 0 Å². The number of hydrogen-bond donors (Lipinski definition) is 3. The average molecular weight is 1080 g/mol. The lowest BCUT2D eigenvalue weighted by molar-refractivity contribution is -0.123. The third-order valence-electron chi connectivity index (χ3n) is 17.5. The van der Waals surface area contributed by atoms with E-state index < -0.39 is 12.1 Å². The van der Waals surface area contributed by atoms with E-state index in [1.54, 1.807) is 6.08 Å². The number of allylic oxidation sites excluding steroid dienone is 1. The molecule has 0 radical (unpaired) electrons. The first-order chi connectivity index (χ1) is 38.2. The number of carbonyl (C=O) groups excluding carboxylic acids is 1. The van der Waals surface area contributed by atoms with Gasteiger partial charge in [0.2, 0.25) is 5.91 Å². The topological polar surface area (TPSA) is 69.6 Å². The fourth-order valence-corrected chi connectivity index (χ4v) is 12.0. The lowest BCUT2D eigenvalue weighted by Crippen LogP contribution is -2.45. The van der Waals surface area contributed by atoms with E-state index in [4.69, 9.17) is 0 Å². The molecule has 2 atom stereocenters. The molecule has 4 nitrogen and oxygen atoms in total. The summed E-state index contributed by atoms with van der Waals surface area (Å²) in [5, 5.41) is 23.3. The van der Waals surface area contributed by atoms with Crippen molar-refractivity contribution in [3.05, 3.63) is 12.2 Å². The molecule has 0 heterocycles. The Morgan fingerprint density at radius 2 is 0.481 bits per heavy atom. The first-order valence-electron chi connectivity index (χ1n) is 36.4. The highest BCUT2D eigenvalue weighted by Crippen LogP contribution is 2.20. The lowest BCUT2D eigenvalue weighted by atomic mass is 10.0. The van der Waals surface area contributed by atoms with Crippen molar-refractivity contribution in [1.82, 2.24) is 5.32 Å². The normalized spacial score (nSPS) is 12.6. The second-order valence-corrected chi connectivity index (χ2v) is 25.4. The molecule has 4 heteroatoms. The van der Waals surface area contributed by atoms with Gasteiger partial charge in [-0.05, 0) is 19.3 Å². The monoisotopic (exact) mass is 1080 g/mol. The van der Waals surface area contributed by atoms with Gasteiger partial charge in [-0.2, -0.15) is 0 Å². The summed E-state index contributed by atoms with van der Waals surface area (Å²) < 4.78 is 0. The van der Waals surface area contributed by atoms with Crippen LogP contribution in [0.2, 0.25) is 0 Å². The highest BCUT2D eigenvalue weighted by Gasteiger charge is 2.18. The van der Waals surface area contributed by atoms with Crippen molar-refractivity contribution < 1.29 is 15.0 Å². The van der Waals surface area contributed by atoms with Gasteiger partial charge in [0.15, 0.2) is 0 Å². The molecule has 0 rings (SSSR count). The number of amides is 1. The molecule has 0 saturated carbocycles. The Balaban J connectivity index is 3.38. The van der Waals surface area contributed by atoms with E-state index in [9.17, 15) is 15.0 Å². The molecule has 1 amide bonds. The van der Waals surface area contributed by atoms with E-state index >= 15 is 0 Å². The van der Waals surface area contributed by atoms with Gasteiger partial charge in [-0.15, -0.1) is 0 Å². The van der Waals surface area contributed by atoms with Gasteiger partial charge < -0.3 is 15.5 Å². The predicted molar refractivity (Wildman–Crippen MR) is 346 cm³/mol. The van der Waals surface area contributed by atoms with Gasteiger partial charge in [-0.25, -0.2) is 0 Å². The standard InChI is InChI=1S/C73H145NO3/c1-3-5-7-9-11-13-15-17-19-21-23-25-27-29-31-33-35-37-38-40-42-44-46-48-50-52-54-56-58-60-62-64-66-68-72(76)71(70-75)74-73(77)69-67-65-63-61-59-57-55-53-51-49-47-45-43-41-39-36-34-32-30-28-26-24-22-20-18-16-14-12-10-8-6-4-2/h66,68,71-72,75-76H,3-65,67,69-70H2,1-2H3,(H,74,77)/b68-66+. The van der Waals surface area contributed by atoms with Crippen molar-refractivity contribution in [2.24, 2.45) is 0 Å². The summed E-state index contributed by atoms with van der Waals surface area (Å²) in [6, 6.07) is -0.620. The molecule has 3 N–H and O–H groups in total. The molecule has 2 unspecified atom stereocenters. The molecule has 0 aromatic heterocycles. The summed E-state index contributed by atoms with van der Waals surface area (Å²) in [6.45, 7) is 4.37. The molecule has 0 aliphatic heterocycles. The maximum Gasteiger partial charge on any atom is 0.220 e. The fraction of sp³-hybridized carbons (Fsp3) is 0.959. The molecule has 0 bridgehead atoms. The van der Waals surface area contributed by atoms with E-state index in [2.05, 4.69) is 19.2 Å². The van der Waals surface area contributed by atoms with Gasteiger partial charge in [0.25, 0.3) is 0 Å². The summed E-state index contributed by atoms with van der Waals surface area (Å²) in [5.41, 5.74) is 0. The number of hydrogen-bond acceptors (Lipinski definition) is 3. The van der Waals surface area contributed by atoms with Crippen LogP contribution in [0.25, 0.3) is 0 Å². The minimum absolute atomic E-state index is 0.0525. The summed E-state index contributed by atoms with van der Waals surface area (Å²) in [7, 11) is 0. The number of unbranched alkanes of at least 4 members (excludes halogenated alkanes) is 62. The first kappa shape index (κ1) is 76.1. The smallest absolute Gasteiger partial charge is 0.220 e. The van der Waals surface area contributed by atoms with E-state index in [0.29, 0.717) is 6.42 Å². The van der Waals surface area contributed by atoms with Gasteiger partial charge in [-0.1, -0.05) is 418 Å². The molecule has 0 fully saturated rings. The summed E-state index contributed by atoms with van der Waals surface area (Å²) in [6.07, 6.45) is 93.3. The van der Waals surface area contributed by atoms with Gasteiger partial charge in [0.05, 0.1) is 18.8 Å². The van der Waals surface area contributed by atoms with Crippen molar-refractivity contribution in [2.75, 3.05) is 6.61 Å². The Kier molecular flexibility index (Phi) is 68.6. The van der Waals surface area contributed by atoms with Crippen molar-refractivity contribution in [2.45, 2.75) is 443 Å². The van der Waals surface area contributed by atoms with Crippen LogP contribution in [0, 0.1) is 0 Å². The van der Waals surface area contributed by atoms with Crippen LogP contribution in [-0.4, -0.2) is 34.9 Å². The number of aliphatic hydroxyl groups excluding tert-OH is 2. The van der Waals surface area contributed by atoms with Gasteiger partial charge in [-0.3, -0.25) is 4.79 Å². The van der Waals surface area contributed by atoms with E-state index in [0.717, 1.165) is 25.7 Å². The van der Waals surface area contributed by atoms with Crippen LogP contribution in [0.15, 0.2) is 12.2 Å². The van der Waals surface area contributed by atoms with Crippen LogP contribution in [0.1, 0.15) is 431 Å². The second-order valence-electron chi connectivity index (χ2n) is 25.4. The largest absolute Gasteiger partial charge is 0.394 e. The van der Waals surface area contributed by atoms with Crippen molar-refractivity contribution >= 4 is 5.91 Å². The molecule has 0 aromatic carbocycles. The maximum atomic E-state index is 12.5. The minimum Gasteiger partial charge on any atom is -0.394 e. The fourth-order valence-electron chi connectivity index (χ4n) is 12.0. The maximum absolute atomic E-state index is 12.5. The molecule has 0 aliphatic carbocycles. The van der Waals surface area contributed by atoms with E-state index in [-0.39, 0.29) is 12.5 Å². The lowest BCUT2D eigenvalue weighted by Gasteiger charge is -2.20. The third kappa shape index (κ3) is 65.8. The Morgan fingerprint density at radius 3 is 0.675 bits per heavy atom. The molecule has 0 aliphatic rings. The second kappa shape index (κ2) is 69.4. The summed E-state index contributed by atoms with van der Waals surface area (Å²) in [5.74, 6) is -0.0525. The SMILES string of the molecule is CCCCCCCCCCCCCCCCCCCCCCCCCCCCCCCCC/C=C/C(O)C(CO)NC(=O)CCCCCCCCCCCCCCCCCCCCCCCCCCCCCCCCCC. The Labute approximate surface area is 486 Å². The zero-order valence-corrected chi connectivity index (χ0v) is 53.3. The first-order valence-corrected chi connectivity index (χ1v) is 36.4. The molecular formula is C73H145NO3. The Morgan fingerprint density at radius 1 is 0.299 bits per heavy atom. The van der Waals surface area contributed by atoms with Gasteiger partial charge in [0, 0.05) is 6.42 Å². The van der Waals surface area contributed by atoms with Crippen LogP contribution in [0.5, 0.6) is 0 Å².